The predicted octanol–water partition coefficient (Wildman–Crippen LogP) is 2.15. The van der Waals surface area contributed by atoms with E-state index in [0.717, 1.165) is 10.8 Å². The molecule has 0 aliphatic heterocycles. The van der Waals surface area contributed by atoms with Crippen molar-refractivity contribution in [1.82, 2.24) is 0 Å². The summed E-state index contributed by atoms with van der Waals surface area (Å²) in [6.45, 7) is 5.21. The van der Waals surface area contributed by atoms with Crippen LogP contribution < -0.4 is 0 Å². The maximum absolute atomic E-state index is 2.61. The van der Waals surface area contributed by atoms with Crippen molar-refractivity contribution >= 4 is 0 Å². The zero-order chi connectivity index (χ0) is 7.17. The molecular formula is C11H14. The summed E-state index contributed by atoms with van der Waals surface area (Å²) in [4.78, 5) is 0. The Hall–Kier alpha value is 0. The highest BCUT2D eigenvalue weighted by Gasteiger charge is 3.00. The molecule has 2 unspecified atom stereocenters. The third-order valence-corrected chi connectivity index (χ3v) is 6.88. The summed E-state index contributed by atoms with van der Waals surface area (Å²) in [5, 5.41) is 0. The highest BCUT2D eigenvalue weighted by molar-refractivity contribution is 5.47. The Labute approximate surface area is 67.4 Å². The smallest absolute Gasteiger partial charge is 0.0198 e. The molecule has 2 bridgehead atoms. The van der Waals surface area contributed by atoms with Gasteiger partial charge >= 0.3 is 0 Å². The lowest BCUT2D eigenvalue weighted by atomic mass is 9.90. The third kappa shape index (κ3) is 0.197. The Kier molecular flexibility index (Phi) is 0.375. The van der Waals surface area contributed by atoms with Crippen LogP contribution in [0, 0.1) is 46.3 Å². The van der Waals surface area contributed by atoms with E-state index in [0.29, 0.717) is 0 Å². The van der Waals surface area contributed by atoms with Gasteiger partial charge in [0.1, 0.15) is 0 Å². The number of rotatable bonds is 0. The van der Waals surface area contributed by atoms with Gasteiger partial charge in [-0.25, -0.2) is 0 Å². The van der Waals surface area contributed by atoms with Crippen LogP contribution in [0.1, 0.15) is 20.3 Å². The predicted molar refractivity (Wildman–Crippen MR) is 41.8 cm³/mol. The third-order valence-electron chi connectivity index (χ3n) is 6.88. The highest BCUT2D eigenvalue weighted by Crippen LogP contribution is 3.04. The van der Waals surface area contributed by atoms with Crippen LogP contribution in [0.15, 0.2) is 0 Å². The van der Waals surface area contributed by atoms with Gasteiger partial charge in [0.2, 0.25) is 0 Å². The summed E-state index contributed by atoms with van der Waals surface area (Å²) in [7, 11) is 0. The minimum absolute atomic E-state index is 0.885. The fourth-order valence-electron chi connectivity index (χ4n) is 6.79. The average Bonchev–Trinajstić information content (AvgIpc) is 2.66. The quantitative estimate of drug-likeness (QED) is 0.491. The molecule has 0 radical (unpaired) electrons. The van der Waals surface area contributed by atoms with Crippen LogP contribution in [0.5, 0.6) is 0 Å². The van der Waals surface area contributed by atoms with Crippen molar-refractivity contribution in [1.29, 1.82) is 0 Å². The Morgan fingerprint density at radius 3 is 1.36 bits per heavy atom. The molecule has 6 saturated carbocycles. The van der Waals surface area contributed by atoms with Gasteiger partial charge in [0.15, 0.2) is 0 Å². The minimum atomic E-state index is 0.885. The van der Waals surface area contributed by atoms with Crippen LogP contribution in [-0.4, -0.2) is 0 Å². The lowest BCUT2D eigenvalue weighted by Crippen LogP contribution is -2.09. The van der Waals surface area contributed by atoms with E-state index in [2.05, 4.69) is 13.8 Å². The Balaban J connectivity index is 1.96. The highest BCUT2D eigenvalue weighted by atomic mass is 15.0. The fraction of sp³-hybridized carbons (Fsp3) is 1.00. The van der Waals surface area contributed by atoms with E-state index in [1.165, 1.54) is 35.5 Å². The molecule has 6 aliphatic carbocycles. The van der Waals surface area contributed by atoms with E-state index >= 15 is 0 Å². The van der Waals surface area contributed by atoms with Gasteiger partial charge in [0, 0.05) is 0 Å². The van der Waals surface area contributed by atoms with Gasteiger partial charge in [-0.3, -0.25) is 0 Å². The zero-order valence-corrected chi connectivity index (χ0v) is 7.17. The van der Waals surface area contributed by atoms with E-state index in [-0.39, 0.29) is 0 Å². The first-order chi connectivity index (χ1) is 5.22. The van der Waals surface area contributed by atoms with Crippen molar-refractivity contribution in [3.05, 3.63) is 0 Å². The van der Waals surface area contributed by atoms with E-state index in [1.54, 1.807) is 6.42 Å². The number of hydrogen-bond acceptors (Lipinski definition) is 0. The second-order valence-electron chi connectivity index (χ2n) is 6.23. The molecule has 6 fully saturated rings. The van der Waals surface area contributed by atoms with Crippen LogP contribution in [-0.2, 0) is 0 Å². The average molecular weight is 146 g/mol. The molecule has 0 heteroatoms. The normalized spacial score (nSPS) is 96.5. The van der Waals surface area contributed by atoms with Gasteiger partial charge < -0.3 is 0 Å². The van der Waals surface area contributed by atoms with Gasteiger partial charge in [-0.2, -0.15) is 0 Å². The SMILES string of the molecule is CC12[C@@H]3C4CC([C@H]31)[C@H]1[C@H]4C12C. The van der Waals surface area contributed by atoms with Crippen molar-refractivity contribution in [2.24, 2.45) is 46.3 Å². The number of hydrogen-bond donors (Lipinski definition) is 0. The van der Waals surface area contributed by atoms with E-state index in [4.69, 9.17) is 0 Å². The van der Waals surface area contributed by atoms with Gasteiger partial charge in [-0.1, -0.05) is 13.8 Å². The van der Waals surface area contributed by atoms with Gasteiger partial charge in [0.05, 0.1) is 0 Å². The molecule has 0 amide bonds. The topological polar surface area (TPSA) is 0 Å². The van der Waals surface area contributed by atoms with Crippen molar-refractivity contribution in [2.75, 3.05) is 0 Å². The first kappa shape index (κ1) is 4.89. The lowest BCUT2D eigenvalue weighted by molar-refractivity contribution is 0.330. The van der Waals surface area contributed by atoms with Crippen molar-refractivity contribution in [3.63, 3.8) is 0 Å². The summed E-state index contributed by atoms with van der Waals surface area (Å²) in [6, 6.07) is 0. The first-order valence-electron chi connectivity index (χ1n) is 5.22. The van der Waals surface area contributed by atoms with Crippen LogP contribution in [0.2, 0.25) is 0 Å². The zero-order valence-electron chi connectivity index (χ0n) is 7.17. The molecule has 6 aliphatic rings. The molecule has 0 aromatic rings. The molecule has 58 valence electrons. The van der Waals surface area contributed by atoms with Gasteiger partial charge in [-0.05, 0) is 52.8 Å². The molecule has 0 saturated heterocycles. The molecule has 0 nitrogen and oxygen atoms in total. The van der Waals surface area contributed by atoms with E-state index in [9.17, 15) is 0 Å². The summed E-state index contributed by atoms with van der Waals surface area (Å²) < 4.78 is 0. The minimum Gasteiger partial charge on any atom is -0.0585 e. The van der Waals surface area contributed by atoms with Gasteiger partial charge in [0.25, 0.3) is 0 Å². The van der Waals surface area contributed by atoms with Crippen LogP contribution in [0.25, 0.3) is 0 Å². The summed E-state index contributed by atoms with van der Waals surface area (Å²) in [6.07, 6.45) is 1.65. The lowest BCUT2D eigenvalue weighted by Gasteiger charge is -2.14. The van der Waals surface area contributed by atoms with Crippen LogP contribution >= 0.6 is 0 Å². The van der Waals surface area contributed by atoms with Crippen molar-refractivity contribution < 1.29 is 0 Å². The van der Waals surface area contributed by atoms with Crippen LogP contribution in [0.4, 0.5) is 0 Å². The molecule has 0 aromatic heterocycles. The van der Waals surface area contributed by atoms with E-state index in [1.807, 2.05) is 0 Å². The molecule has 0 N–H and O–H groups in total. The fourth-order valence-corrected chi connectivity index (χ4v) is 6.79. The second kappa shape index (κ2) is 0.843. The Bertz CT molecular complexity index is 240. The second-order valence-corrected chi connectivity index (χ2v) is 6.23. The first-order valence-corrected chi connectivity index (χ1v) is 5.22. The molecular weight excluding hydrogens is 132 g/mol. The molecule has 0 aromatic carbocycles. The molecule has 11 heavy (non-hydrogen) atoms. The maximum atomic E-state index is 2.61. The van der Waals surface area contributed by atoms with Crippen molar-refractivity contribution in [2.45, 2.75) is 20.3 Å². The van der Waals surface area contributed by atoms with Gasteiger partial charge in [-0.15, -0.1) is 0 Å². The monoisotopic (exact) mass is 146 g/mol. The molecule has 6 atom stereocenters. The van der Waals surface area contributed by atoms with E-state index < -0.39 is 0 Å². The largest absolute Gasteiger partial charge is 0.0585 e. The summed E-state index contributed by atoms with van der Waals surface area (Å²) >= 11 is 0. The standard InChI is InChI=1S/C11H14/c1-10-6-4-3-5(7(6)10)9-8(4)11(9,10)2/h4-9H,3H2,1-2H3/t4?,5?,6-,7-,8+,9+,10?,11?. The maximum Gasteiger partial charge on any atom is -0.0198 e. The Morgan fingerprint density at radius 2 is 1.18 bits per heavy atom. The summed E-state index contributed by atoms with van der Waals surface area (Å²) in [5.41, 5.74) is 1.77. The summed E-state index contributed by atoms with van der Waals surface area (Å²) in [5.74, 6) is 7.37. The van der Waals surface area contributed by atoms with Crippen LogP contribution in [0.3, 0.4) is 0 Å². The Morgan fingerprint density at radius 1 is 0.818 bits per heavy atom. The molecule has 0 heterocycles. The molecule has 6 rings (SSSR count). The molecule has 0 spiro atoms. The van der Waals surface area contributed by atoms with Crippen molar-refractivity contribution in [3.8, 4) is 0 Å².